The number of likely N-dealkylation sites (tertiary alicyclic amines) is 1. The molecule has 1 aliphatic rings. The Bertz CT molecular complexity index is 1090. The van der Waals surface area contributed by atoms with E-state index in [0.29, 0.717) is 24.7 Å². The van der Waals surface area contributed by atoms with Gasteiger partial charge in [-0.25, -0.2) is 4.98 Å². The molecule has 1 atom stereocenters. The van der Waals surface area contributed by atoms with E-state index in [1.54, 1.807) is 28.2 Å². The highest BCUT2D eigenvalue weighted by molar-refractivity contribution is 5.77. The number of nitrogens with zero attached hydrogens (tertiary/aromatic N) is 6. The van der Waals surface area contributed by atoms with E-state index in [4.69, 9.17) is 5.26 Å². The van der Waals surface area contributed by atoms with Gasteiger partial charge in [0.1, 0.15) is 18.4 Å². The molecule has 1 saturated heterocycles. The fourth-order valence-corrected chi connectivity index (χ4v) is 3.54. The lowest BCUT2D eigenvalue weighted by Crippen LogP contribution is -2.37. The van der Waals surface area contributed by atoms with Crippen molar-refractivity contribution in [2.45, 2.75) is 38.9 Å². The number of benzene rings is 1. The van der Waals surface area contributed by atoms with Gasteiger partial charge < -0.3 is 15.5 Å². The molecular weight excluding hydrogens is 392 g/mol. The van der Waals surface area contributed by atoms with Crippen LogP contribution in [0.4, 0.5) is 17.5 Å². The summed E-state index contributed by atoms with van der Waals surface area (Å²) in [6, 6.07) is 12.0. The first-order chi connectivity index (χ1) is 15.1. The Morgan fingerprint density at radius 3 is 2.94 bits per heavy atom. The molecule has 4 rings (SSSR count). The van der Waals surface area contributed by atoms with Gasteiger partial charge in [0.25, 0.3) is 0 Å². The molecule has 0 spiro atoms. The van der Waals surface area contributed by atoms with Gasteiger partial charge in [-0.2, -0.15) is 15.3 Å². The Labute approximate surface area is 180 Å². The summed E-state index contributed by atoms with van der Waals surface area (Å²) in [6.07, 6.45) is 6.71. The summed E-state index contributed by atoms with van der Waals surface area (Å²) in [7, 11) is 0. The van der Waals surface area contributed by atoms with Crippen molar-refractivity contribution >= 4 is 23.4 Å². The van der Waals surface area contributed by atoms with Crippen molar-refractivity contribution in [3.63, 3.8) is 0 Å². The second-order valence-electron chi connectivity index (χ2n) is 7.49. The lowest BCUT2D eigenvalue weighted by Gasteiger charge is -2.19. The zero-order valence-corrected chi connectivity index (χ0v) is 17.3. The first kappa shape index (κ1) is 20.3. The minimum Gasteiger partial charge on any atom is -0.366 e. The summed E-state index contributed by atoms with van der Waals surface area (Å²) in [5.41, 5.74) is 2.79. The van der Waals surface area contributed by atoms with Gasteiger partial charge in [-0.1, -0.05) is 30.3 Å². The average Bonchev–Trinajstić information content (AvgIpc) is 3.44. The van der Waals surface area contributed by atoms with E-state index in [0.717, 1.165) is 29.8 Å². The number of hydrogen-bond donors (Lipinski definition) is 2. The number of carbonyl (C=O) groups is 1. The minimum absolute atomic E-state index is 0.0957. The summed E-state index contributed by atoms with van der Waals surface area (Å²) in [4.78, 5) is 23.0. The molecule has 1 aromatic carbocycles. The molecule has 9 heteroatoms. The Kier molecular flexibility index (Phi) is 6.08. The van der Waals surface area contributed by atoms with Gasteiger partial charge in [0, 0.05) is 31.0 Å². The number of nitrogens with one attached hydrogen (secondary N) is 2. The van der Waals surface area contributed by atoms with E-state index in [2.05, 4.69) is 43.9 Å². The molecule has 9 nitrogen and oxygen atoms in total. The zero-order valence-electron chi connectivity index (χ0n) is 17.3. The Morgan fingerprint density at radius 2 is 2.13 bits per heavy atom. The Hall–Kier alpha value is -3.93. The molecule has 158 valence electrons. The van der Waals surface area contributed by atoms with Crippen molar-refractivity contribution in [2.75, 3.05) is 17.2 Å². The predicted octanol–water partition coefficient (Wildman–Crippen LogP) is 2.85. The van der Waals surface area contributed by atoms with Crippen LogP contribution in [0, 0.1) is 18.3 Å². The predicted molar refractivity (Wildman–Crippen MR) is 116 cm³/mol. The van der Waals surface area contributed by atoms with Crippen LogP contribution in [-0.4, -0.2) is 43.1 Å². The fourth-order valence-electron chi connectivity index (χ4n) is 3.54. The molecule has 2 N–H and O–H groups in total. The first-order valence-corrected chi connectivity index (χ1v) is 10.2. The quantitative estimate of drug-likeness (QED) is 0.609. The highest BCUT2D eigenvalue weighted by Gasteiger charge is 2.28. The Morgan fingerprint density at radius 1 is 1.29 bits per heavy atom. The van der Waals surface area contributed by atoms with E-state index in [-0.39, 0.29) is 18.5 Å². The van der Waals surface area contributed by atoms with Crippen molar-refractivity contribution < 1.29 is 4.79 Å². The van der Waals surface area contributed by atoms with Crippen molar-refractivity contribution in [2.24, 2.45) is 0 Å². The number of nitriles is 1. The van der Waals surface area contributed by atoms with Crippen LogP contribution >= 0.6 is 0 Å². The maximum atomic E-state index is 12.5. The van der Waals surface area contributed by atoms with Crippen LogP contribution in [0.1, 0.15) is 24.0 Å². The second-order valence-corrected chi connectivity index (χ2v) is 7.49. The van der Waals surface area contributed by atoms with Gasteiger partial charge in [-0.3, -0.25) is 9.48 Å². The Balaban J connectivity index is 1.38. The average molecular weight is 416 g/mol. The molecule has 0 radical (unpaired) electrons. The van der Waals surface area contributed by atoms with Gasteiger partial charge in [0.2, 0.25) is 11.9 Å². The maximum Gasteiger partial charge on any atom is 0.245 e. The van der Waals surface area contributed by atoms with E-state index >= 15 is 0 Å². The second kappa shape index (κ2) is 9.26. The van der Waals surface area contributed by atoms with E-state index in [1.165, 1.54) is 0 Å². The summed E-state index contributed by atoms with van der Waals surface area (Å²) < 4.78 is 1.56. The molecule has 1 amide bonds. The molecular formula is C22H24N8O. The third kappa shape index (κ3) is 4.98. The highest BCUT2D eigenvalue weighted by Crippen LogP contribution is 2.19. The van der Waals surface area contributed by atoms with Crippen LogP contribution in [0.3, 0.4) is 0 Å². The molecule has 0 bridgehead atoms. The van der Waals surface area contributed by atoms with Crippen LogP contribution in [0.25, 0.3) is 0 Å². The number of amides is 1. The number of rotatable bonds is 7. The third-order valence-corrected chi connectivity index (χ3v) is 5.18. The molecule has 31 heavy (non-hydrogen) atoms. The van der Waals surface area contributed by atoms with Crippen LogP contribution in [0.15, 0.2) is 48.9 Å². The van der Waals surface area contributed by atoms with E-state index < -0.39 is 0 Å². The van der Waals surface area contributed by atoms with E-state index in [9.17, 15) is 4.79 Å². The molecule has 3 heterocycles. The molecule has 2 aromatic heterocycles. The smallest absolute Gasteiger partial charge is 0.245 e. The molecule has 1 fully saturated rings. The monoisotopic (exact) mass is 416 g/mol. The number of anilines is 3. The van der Waals surface area contributed by atoms with Crippen LogP contribution in [0.2, 0.25) is 0 Å². The molecule has 1 unspecified atom stereocenters. The highest BCUT2D eigenvalue weighted by atomic mass is 16.2. The van der Waals surface area contributed by atoms with Gasteiger partial charge in [0.05, 0.1) is 18.0 Å². The summed E-state index contributed by atoms with van der Waals surface area (Å²) in [5.74, 6) is 1.09. The normalized spacial score (nSPS) is 15.5. The summed E-state index contributed by atoms with van der Waals surface area (Å²) >= 11 is 0. The summed E-state index contributed by atoms with van der Waals surface area (Å²) in [6.45, 7) is 3.34. The number of hydrogen-bond acceptors (Lipinski definition) is 7. The molecule has 0 aliphatic carbocycles. The van der Waals surface area contributed by atoms with Crippen molar-refractivity contribution in [3.05, 3.63) is 60.0 Å². The topological polar surface area (TPSA) is 112 Å². The van der Waals surface area contributed by atoms with E-state index in [1.807, 2.05) is 25.1 Å². The van der Waals surface area contributed by atoms with Gasteiger partial charge in [0.15, 0.2) is 0 Å². The van der Waals surface area contributed by atoms with Gasteiger partial charge in [-0.15, -0.1) is 0 Å². The zero-order chi connectivity index (χ0) is 21.6. The largest absolute Gasteiger partial charge is 0.366 e. The van der Waals surface area contributed by atoms with Crippen molar-refractivity contribution in [1.29, 1.82) is 5.26 Å². The van der Waals surface area contributed by atoms with Gasteiger partial charge in [-0.05, 0) is 25.3 Å². The van der Waals surface area contributed by atoms with Gasteiger partial charge >= 0.3 is 0 Å². The molecule has 1 aliphatic heterocycles. The SMILES string of the molecule is Cc1cnc(Nc2cnn(CC(=O)N3CCCC3C#N)c2)nc1NCc1ccccc1. The van der Waals surface area contributed by atoms with Crippen LogP contribution < -0.4 is 10.6 Å². The lowest BCUT2D eigenvalue weighted by molar-refractivity contribution is -0.132. The van der Waals surface area contributed by atoms with Crippen LogP contribution in [-0.2, 0) is 17.9 Å². The number of aryl methyl sites for hydroxylation is 1. The lowest BCUT2D eigenvalue weighted by atomic mass is 10.2. The maximum absolute atomic E-state index is 12.5. The van der Waals surface area contributed by atoms with Crippen molar-refractivity contribution in [3.8, 4) is 6.07 Å². The molecule has 3 aromatic rings. The summed E-state index contributed by atoms with van der Waals surface area (Å²) in [5, 5.41) is 19.9. The third-order valence-electron chi connectivity index (χ3n) is 5.18. The van der Waals surface area contributed by atoms with Crippen molar-refractivity contribution in [1.82, 2.24) is 24.6 Å². The number of carbonyl (C=O) groups excluding carboxylic acids is 1. The van der Waals surface area contributed by atoms with Crippen LogP contribution in [0.5, 0.6) is 0 Å². The molecule has 0 saturated carbocycles. The number of aromatic nitrogens is 4. The standard InChI is InChI=1S/C22H24N8O/c1-16-11-25-22(28-21(16)24-12-17-6-3-2-4-7-17)27-18-13-26-29(14-18)15-20(31)30-9-5-8-19(30)10-23/h2-4,6-7,11,13-14,19H,5,8-9,12,15H2,1H3,(H2,24,25,27,28). The fraction of sp³-hybridized carbons (Fsp3) is 0.318. The first-order valence-electron chi connectivity index (χ1n) is 10.2. The minimum atomic E-state index is -0.330.